The van der Waals surface area contributed by atoms with Crippen molar-refractivity contribution in [1.29, 1.82) is 0 Å². The topological polar surface area (TPSA) is 76.2 Å². The first-order valence-electron chi connectivity index (χ1n) is 9.67. The lowest BCUT2D eigenvalue weighted by atomic mass is 9.74. The maximum atomic E-state index is 13.4. The zero-order valence-electron chi connectivity index (χ0n) is 17.0. The van der Waals surface area contributed by atoms with Crippen LogP contribution < -0.4 is 4.90 Å². The monoisotopic (exact) mass is 388 g/mol. The minimum absolute atomic E-state index is 0.0182. The predicted molar refractivity (Wildman–Crippen MR) is 104 cm³/mol. The molecule has 1 saturated heterocycles. The van der Waals surface area contributed by atoms with Gasteiger partial charge in [-0.25, -0.2) is 4.79 Å². The molecule has 0 saturated carbocycles. The number of anilines is 1. The van der Waals surface area contributed by atoms with E-state index in [4.69, 9.17) is 9.47 Å². The third-order valence-corrected chi connectivity index (χ3v) is 5.25. The van der Waals surface area contributed by atoms with E-state index in [9.17, 15) is 14.4 Å². The lowest BCUT2D eigenvalue weighted by molar-refractivity contribution is -0.141. The van der Waals surface area contributed by atoms with Crippen molar-refractivity contribution in [3.8, 4) is 0 Å². The average molecular weight is 388 g/mol. The summed E-state index contributed by atoms with van der Waals surface area (Å²) in [6, 6.07) is 7.75. The molecule has 0 radical (unpaired) electrons. The first-order chi connectivity index (χ1) is 13.1. The highest BCUT2D eigenvalue weighted by Gasteiger charge is 2.52. The van der Waals surface area contributed by atoms with Crippen LogP contribution in [-0.4, -0.2) is 54.7 Å². The van der Waals surface area contributed by atoms with Gasteiger partial charge in [0.05, 0.1) is 12.0 Å². The number of benzene rings is 1. The molecule has 0 aliphatic carbocycles. The third kappa shape index (κ3) is 3.84. The first-order valence-corrected chi connectivity index (χ1v) is 9.67. The molecule has 0 aromatic heterocycles. The van der Waals surface area contributed by atoms with Gasteiger partial charge in [-0.2, -0.15) is 0 Å². The Morgan fingerprint density at radius 2 is 1.79 bits per heavy atom. The number of likely N-dealkylation sites (tertiary alicyclic amines) is 1. The number of para-hydroxylation sites is 1. The van der Waals surface area contributed by atoms with Crippen molar-refractivity contribution in [2.24, 2.45) is 0 Å². The molecule has 1 aromatic carbocycles. The minimum Gasteiger partial charge on any atom is -0.464 e. The minimum atomic E-state index is -0.634. The fourth-order valence-electron chi connectivity index (χ4n) is 3.98. The van der Waals surface area contributed by atoms with Gasteiger partial charge >= 0.3 is 12.1 Å². The van der Waals surface area contributed by atoms with Crippen molar-refractivity contribution in [2.45, 2.75) is 51.6 Å². The van der Waals surface area contributed by atoms with Gasteiger partial charge in [-0.1, -0.05) is 18.2 Å². The van der Waals surface area contributed by atoms with E-state index in [0.29, 0.717) is 32.5 Å². The Morgan fingerprint density at radius 1 is 1.14 bits per heavy atom. The van der Waals surface area contributed by atoms with Gasteiger partial charge < -0.3 is 19.3 Å². The zero-order valence-corrected chi connectivity index (χ0v) is 17.0. The van der Waals surface area contributed by atoms with Gasteiger partial charge in [-0.05, 0) is 45.2 Å². The van der Waals surface area contributed by atoms with Crippen LogP contribution in [0.5, 0.6) is 0 Å². The Kier molecular flexibility index (Phi) is 5.37. The molecule has 1 spiro atoms. The second kappa shape index (κ2) is 7.45. The number of hydrogen-bond donors (Lipinski definition) is 0. The van der Waals surface area contributed by atoms with Crippen LogP contribution in [0.1, 0.15) is 46.1 Å². The highest BCUT2D eigenvalue weighted by Crippen LogP contribution is 2.47. The van der Waals surface area contributed by atoms with Crippen LogP contribution in [0.2, 0.25) is 0 Å². The highest BCUT2D eigenvalue weighted by molar-refractivity contribution is 6.08. The number of ether oxygens (including phenoxy) is 2. The summed E-state index contributed by atoms with van der Waals surface area (Å²) in [4.78, 5) is 40.2. The zero-order chi connectivity index (χ0) is 20.5. The molecule has 1 fully saturated rings. The largest absolute Gasteiger partial charge is 0.464 e. The summed E-state index contributed by atoms with van der Waals surface area (Å²) >= 11 is 0. The lowest BCUT2D eigenvalue weighted by Gasteiger charge is -2.38. The summed E-state index contributed by atoms with van der Waals surface area (Å²) in [5.74, 6) is -0.343. The summed E-state index contributed by atoms with van der Waals surface area (Å²) < 4.78 is 10.5. The van der Waals surface area contributed by atoms with E-state index in [1.165, 1.54) is 6.92 Å². The van der Waals surface area contributed by atoms with E-state index >= 15 is 0 Å². The van der Waals surface area contributed by atoms with E-state index in [1.807, 2.05) is 45.0 Å². The van der Waals surface area contributed by atoms with Gasteiger partial charge in [0.25, 0.3) is 0 Å². The SMILES string of the molecule is CC(=O)OCCN1C(=O)C2(CCN(C(=O)OC(C)(C)C)CC2)c2ccccc21. The first kappa shape index (κ1) is 20.2. The summed E-state index contributed by atoms with van der Waals surface area (Å²) in [7, 11) is 0. The molecule has 1 aromatic rings. The highest BCUT2D eigenvalue weighted by atomic mass is 16.6. The van der Waals surface area contributed by atoms with E-state index in [-0.39, 0.29) is 24.6 Å². The van der Waals surface area contributed by atoms with E-state index in [1.54, 1.807) is 9.80 Å². The predicted octanol–water partition coefficient (Wildman–Crippen LogP) is 2.87. The summed E-state index contributed by atoms with van der Waals surface area (Å²) in [6.07, 6.45) is 0.756. The van der Waals surface area contributed by atoms with Crippen molar-refractivity contribution in [1.82, 2.24) is 4.90 Å². The molecule has 152 valence electrons. The molecular weight excluding hydrogens is 360 g/mol. The molecule has 28 heavy (non-hydrogen) atoms. The smallest absolute Gasteiger partial charge is 0.410 e. The van der Waals surface area contributed by atoms with Crippen LogP contribution in [0.15, 0.2) is 24.3 Å². The maximum absolute atomic E-state index is 13.4. The standard InChI is InChI=1S/C21H28N2O5/c1-15(24)27-14-13-23-17-8-6-5-7-16(17)21(18(23)25)9-11-22(12-10-21)19(26)28-20(2,3)4/h5-8H,9-14H2,1-4H3. The number of esters is 1. The van der Waals surface area contributed by atoms with Gasteiger partial charge in [0.1, 0.15) is 12.2 Å². The molecule has 2 aliphatic heterocycles. The lowest BCUT2D eigenvalue weighted by Crippen LogP contribution is -2.51. The van der Waals surface area contributed by atoms with Gasteiger partial charge in [-0.15, -0.1) is 0 Å². The number of hydrogen-bond acceptors (Lipinski definition) is 5. The molecule has 0 unspecified atom stereocenters. The summed E-state index contributed by atoms with van der Waals surface area (Å²) in [5, 5.41) is 0. The molecule has 0 atom stereocenters. The number of fused-ring (bicyclic) bond motifs is 2. The number of piperidine rings is 1. The number of carbonyl (C=O) groups is 3. The molecular formula is C21H28N2O5. The fourth-order valence-corrected chi connectivity index (χ4v) is 3.98. The third-order valence-electron chi connectivity index (χ3n) is 5.25. The molecule has 7 nitrogen and oxygen atoms in total. The second-order valence-electron chi connectivity index (χ2n) is 8.36. The number of nitrogens with zero attached hydrogens (tertiary/aromatic N) is 2. The normalized spacial score (nSPS) is 18.2. The van der Waals surface area contributed by atoms with Crippen molar-refractivity contribution >= 4 is 23.7 Å². The Balaban J connectivity index is 1.76. The summed E-state index contributed by atoms with van der Waals surface area (Å²) in [6.45, 7) is 8.30. The van der Waals surface area contributed by atoms with Crippen LogP contribution in [-0.2, 0) is 24.5 Å². The van der Waals surface area contributed by atoms with Crippen LogP contribution in [0.25, 0.3) is 0 Å². The van der Waals surface area contributed by atoms with Crippen LogP contribution in [0, 0.1) is 0 Å². The Labute approximate surface area is 165 Å². The van der Waals surface area contributed by atoms with Crippen molar-refractivity contribution < 1.29 is 23.9 Å². The second-order valence-corrected chi connectivity index (χ2v) is 8.36. The van der Waals surface area contributed by atoms with Gasteiger partial charge in [0, 0.05) is 25.7 Å². The number of rotatable bonds is 3. The van der Waals surface area contributed by atoms with Crippen LogP contribution >= 0.6 is 0 Å². The van der Waals surface area contributed by atoms with E-state index in [0.717, 1.165) is 11.3 Å². The fraction of sp³-hybridized carbons (Fsp3) is 0.571. The van der Waals surface area contributed by atoms with Crippen LogP contribution in [0.4, 0.5) is 10.5 Å². The maximum Gasteiger partial charge on any atom is 0.410 e. The van der Waals surface area contributed by atoms with Crippen LogP contribution in [0.3, 0.4) is 0 Å². The Bertz CT molecular complexity index is 775. The molecule has 3 rings (SSSR count). The molecule has 2 heterocycles. The molecule has 7 heteroatoms. The number of amides is 2. The molecule has 2 amide bonds. The number of carbonyl (C=O) groups excluding carboxylic acids is 3. The average Bonchev–Trinajstić information content (AvgIpc) is 2.84. The van der Waals surface area contributed by atoms with Crippen molar-refractivity contribution in [2.75, 3.05) is 31.1 Å². The Hall–Kier alpha value is -2.57. The van der Waals surface area contributed by atoms with Gasteiger partial charge in [0.2, 0.25) is 5.91 Å². The van der Waals surface area contributed by atoms with Gasteiger partial charge in [-0.3, -0.25) is 9.59 Å². The van der Waals surface area contributed by atoms with E-state index in [2.05, 4.69) is 0 Å². The van der Waals surface area contributed by atoms with Crippen molar-refractivity contribution in [3.63, 3.8) is 0 Å². The van der Waals surface area contributed by atoms with E-state index < -0.39 is 11.0 Å². The quantitative estimate of drug-likeness (QED) is 0.744. The van der Waals surface area contributed by atoms with Gasteiger partial charge in [0.15, 0.2) is 0 Å². The Morgan fingerprint density at radius 3 is 2.39 bits per heavy atom. The molecule has 0 bridgehead atoms. The van der Waals surface area contributed by atoms with Crippen molar-refractivity contribution in [3.05, 3.63) is 29.8 Å². The summed E-state index contributed by atoms with van der Waals surface area (Å²) in [5.41, 5.74) is 0.679. The molecule has 2 aliphatic rings. The molecule has 0 N–H and O–H groups in total.